The quantitative estimate of drug-likeness (QED) is 0.203. The number of carbonyl (C=O) groups excluding carboxylic acids is 1. The van der Waals surface area contributed by atoms with E-state index in [0.717, 1.165) is 17.8 Å². The zero-order chi connectivity index (χ0) is 22.0. The lowest BCUT2D eigenvalue weighted by atomic mass is 10.1. The molecule has 1 amide bonds. The third-order valence-corrected chi connectivity index (χ3v) is 4.05. The Morgan fingerprint density at radius 1 is 1.16 bits per heavy atom. The number of alkyl halides is 3. The number of nitrogens with one attached hydrogen (secondary N) is 3. The van der Waals surface area contributed by atoms with Crippen LogP contribution in [0.5, 0.6) is 5.88 Å². The number of aliphatic imine (C=N–C) groups is 1. The maximum absolute atomic E-state index is 12.5. The molecule has 7 nitrogen and oxygen atoms in total. The molecule has 2 rings (SSSR count). The Labute approximate surface area is 195 Å². The lowest BCUT2D eigenvalue weighted by molar-refractivity contribution is -0.137. The third kappa shape index (κ3) is 8.99. The first kappa shape index (κ1) is 26.5. The van der Waals surface area contributed by atoms with Crippen LogP contribution in [0.15, 0.2) is 47.6 Å². The van der Waals surface area contributed by atoms with E-state index in [1.807, 2.05) is 18.2 Å². The second-order valence-corrected chi connectivity index (χ2v) is 6.19. The number of carbonyl (C=O) groups is 1. The molecule has 11 heteroatoms. The number of nitrogens with zero attached hydrogens (tertiary/aromatic N) is 2. The van der Waals surface area contributed by atoms with Crippen molar-refractivity contribution in [3.8, 4) is 5.88 Å². The minimum Gasteiger partial charge on any atom is -0.476 e. The van der Waals surface area contributed by atoms with Crippen molar-refractivity contribution in [2.45, 2.75) is 12.6 Å². The molecule has 0 unspecified atom stereocenters. The Balaban J connectivity index is 0.00000480. The second-order valence-electron chi connectivity index (χ2n) is 6.19. The molecule has 0 aliphatic carbocycles. The summed E-state index contributed by atoms with van der Waals surface area (Å²) in [7, 11) is 3.21. The summed E-state index contributed by atoms with van der Waals surface area (Å²) in [5.74, 6) is 0.537. The molecule has 0 radical (unpaired) electrons. The Morgan fingerprint density at radius 2 is 1.90 bits per heavy atom. The van der Waals surface area contributed by atoms with E-state index in [1.165, 1.54) is 6.07 Å². The van der Waals surface area contributed by atoms with E-state index in [-0.39, 0.29) is 42.4 Å². The number of aromatic nitrogens is 1. The van der Waals surface area contributed by atoms with Crippen LogP contribution >= 0.6 is 24.0 Å². The Hall–Kier alpha value is -2.57. The van der Waals surface area contributed by atoms with Gasteiger partial charge in [-0.3, -0.25) is 9.79 Å². The van der Waals surface area contributed by atoms with Crippen LogP contribution in [0.4, 0.5) is 13.2 Å². The van der Waals surface area contributed by atoms with Gasteiger partial charge in [-0.2, -0.15) is 13.2 Å². The number of benzene rings is 1. The monoisotopic (exact) mass is 551 g/mol. The van der Waals surface area contributed by atoms with Crippen molar-refractivity contribution in [3.05, 3.63) is 59.3 Å². The fourth-order valence-corrected chi connectivity index (χ4v) is 2.52. The predicted molar refractivity (Wildman–Crippen MR) is 123 cm³/mol. The Morgan fingerprint density at radius 3 is 2.52 bits per heavy atom. The molecule has 0 fully saturated rings. The van der Waals surface area contributed by atoms with Gasteiger partial charge in [0.15, 0.2) is 5.96 Å². The Kier molecular flexibility index (Phi) is 11.1. The fraction of sp³-hybridized carbons (Fsp3) is 0.350. The van der Waals surface area contributed by atoms with Crippen LogP contribution in [0.25, 0.3) is 0 Å². The van der Waals surface area contributed by atoms with E-state index in [1.54, 1.807) is 20.2 Å². The van der Waals surface area contributed by atoms with Gasteiger partial charge >= 0.3 is 6.18 Å². The van der Waals surface area contributed by atoms with E-state index < -0.39 is 11.7 Å². The van der Waals surface area contributed by atoms with Gasteiger partial charge in [-0.25, -0.2) is 4.98 Å². The highest BCUT2D eigenvalue weighted by Gasteiger charge is 2.30. The molecule has 0 saturated heterocycles. The molecular weight excluding hydrogens is 526 g/mol. The van der Waals surface area contributed by atoms with E-state index in [0.29, 0.717) is 31.0 Å². The second kappa shape index (κ2) is 13.0. The third-order valence-electron chi connectivity index (χ3n) is 4.05. The SMILES string of the molecule is CN=C(NCCOc1ccc(C(F)(F)F)cn1)NCCc1cccc(C(=O)NC)c1.I. The van der Waals surface area contributed by atoms with Gasteiger partial charge in [0.25, 0.3) is 5.91 Å². The molecule has 0 aliphatic heterocycles. The summed E-state index contributed by atoms with van der Waals surface area (Å²) >= 11 is 0. The van der Waals surface area contributed by atoms with Crippen LogP contribution in [0, 0.1) is 0 Å². The number of hydrogen-bond donors (Lipinski definition) is 3. The molecule has 1 aromatic carbocycles. The summed E-state index contributed by atoms with van der Waals surface area (Å²) in [6.07, 6.45) is -2.99. The van der Waals surface area contributed by atoms with Crippen LogP contribution < -0.4 is 20.7 Å². The van der Waals surface area contributed by atoms with Gasteiger partial charge in [-0.15, -0.1) is 24.0 Å². The maximum Gasteiger partial charge on any atom is 0.417 e. The molecule has 3 N–H and O–H groups in total. The standard InChI is InChI=1S/C20H24F3N5O2.HI/c1-24-18(29)15-5-3-4-14(12-15)8-9-26-19(25-2)27-10-11-30-17-7-6-16(13-28-17)20(21,22)23;/h3-7,12-13H,8-11H2,1-2H3,(H,24,29)(H2,25,26,27);1H. The highest BCUT2D eigenvalue weighted by atomic mass is 127. The van der Waals surface area contributed by atoms with Crippen molar-refractivity contribution in [3.63, 3.8) is 0 Å². The maximum atomic E-state index is 12.5. The lowest BCUT2D eigenvalue weighted by Crippen LogP contribution is -2.40. The predicted octanol–water partition coefficient (Wildman–Crippen LogP) is 2.86. The largest absolute Gasteiger partial charge is 0.476 e. The first-order valence-electron chi connectivity index (χ1n) is 9.25. The molecule has 0 saturated carbocycles. The summed E-state index contributed by atoms with van der Waals surface area (Å²) in [4.78, 5) is 19.4. The van der Waals surface area contributed by atoms with E-state index >= 15 is 0 Å². The molecule has 0 bridgehead atoms. The van der Waals surface area contributed by atoms with Gasteiger partial charge in [-0.1, -0.05) is 12.1 Å². The number of rotatable bonds is 8. The summed E-state index contributed by atoms with van der Waals surface area (Å²) in [6.45, 7) is 1.18. The van der Waals surface area contributed by atoms with Gasteiger partial charge in [0.05, 0.1) is 12.1 Å². The summed E-state index contributed by atoms with van der Waals surface area (Å²) in [5, 5.41) is 8.78. The smallest absolute Gasteiger partial charge is 0.417 e. The lowest BCUT2D eigenvalue weighted by Gasteiger charge is -2.13. The molecular formula is C20H25F3IN5O2. The summed E-state index contributed by atoms with van der Waals surface area (Å²) in [6, 6.07) is 9.47. The molecule has 0 spiro atoms. The first-order valence-corrected chi connectivity index (χ1v) is 9.25. The molecule has 0 aliphatic rings. The van der Waals surface area contributed by atoms with Crippen LogP contribution in [-0.4, -0.2) is 50.6 Å². The average molecular weight is 551 g/mol. The molecule has 1 heterocycles. The Bertz CT molecular complexity index is 861. The highest BCUT2D eigenvalue weighted by molar-refractivity contribution is 14.0. The fourth-order valence-electron chi connectivity index (χ4n) is 2.52. The van der Waals surface area contributed by atoms with Gasteiger partial charge in [0.2, 0.25) is 5.88 Å². The number of guanidine groups is 1. The van der Waals surface area contributed by atoms with Gasteiger partial charge in [0, 0.05) is 38.5 Å². The first-order chi connectivity index (χ1) is 14.3. The number of amides is 1. The van der Waals surface area contributed by atoms with E-state index in [2.05, 4.69) is 25.9 Å². The summed E-state index contributed by atoms with van der Waals surface area (Å²) in [5.41, 5.74) is 0.792. The normalized spacial score (nSPS) is 11.3. The van der Waals surface area contributed by atoms with E-state index in [9.17, 15) is 18.0 Å². The van der Waals surface area contributed by atoms with Crippen LogP contribution in [0.1, 0.15) is 21.5 Å². The topological polar surface area (TPSA) is 87.6 Å². The molecule has 1 aromatic heterocycles. The minimum atomic E-state index is -4.42. The van der Waals surface area contributed by atoms with E-state index in [4.69, 9.17) is 4.74 Å². The number of pyridine rings is 1. The molecule has 31 heavy (non-hydrogen) atoms. The molecule has 0 atom stereocenters. The van der Waals surface area contributed by atoms with Crippen molar-refractivity contribution in [2.75, 3.05) is 33.8 Å². The zero-order valence-corrected chi connectivity index (χ0v) is 19.5. The van der Waals surface area contributed by atoms with Crippen molar-refractivity contribution in [1.82, 2.24) is 20.9 Å². The highest BCUT2D eigenvalue weighted by Crippen LogP contribution is 2.29. The van der Waals surface area contributed by atoms with Crippen LogP contribution in [-0.2, 0) is 12.6 Å². The van der Waals surface area contributed by atoms with Crippen LogP contribution in [0.2, 0.25) is 0 Å². The van der Waals surface area contributed by atoms with Crippen molar-refractivity contribution in [1.29, 1.82) is 0 Å². The number of ether oxygens (including phenoxy) is 1. The molecule has 2 aromatic rings. The average Bonchev–Trinajstić information content (AvgIpc) is 2.74. The van der Waals surface area contributed by atoms with Crippen LogP contribution in [0.3, 0.4) is 0 Å². The van der Waals surface area contributed by atoms with Crippen molar-refractivity contribution in [2.24, 2.45) is 4.99 Å². The van der Waals surface area contributed by atoms with Crippen molar-refractivity contribution < 1.29 is 22.7 Å². The number of halogens is 4. The van der Waals surface area contributed by atoms with Gasteiger partial charge in [-0.05, 0) is 30.2 Å². The number of hydrogen-bond acceptors (Lipinski definition) is 4. The summed E-state index contributed by atoms with van der Waals surface area (Å²) < 4.78 is 42.8. The van der Waals surface area contributed by atoms with Gasteiger partial charge < -0.3 is 20.7 Å². The molecule has 170 valence electrons. The van der Waals surface area contributed by atoms with Gasteiger partial charge in [0.1, 0.15) is 6.61 Å². The minimum absolute atomic E-state index is 0. The zero-order valence-electron chi connectivity index (χ0n) is 17.1. The van der Waals surface area contributed by atoms with Crippen molar-refractivity contribution >= 4 is 35.8 Å².